The van der Waals surface area contributed by atoms with Crippen LogP contribution in [0.15, 0.2) is 12.1 Å². The summed E-state index contributed by atoms with van der Waals surface area (Å²) in [6.07, 6.45) is 4.25. The number of benzene rings is 1. The van der Waals surface area contributed by atoms with Crippen molar-refractivity contribution in [2.45, 2.75) is 31.7 Å². The van der Waals surface area contributed by atoms with Gasteiger partial charge in [0, 0.05) is 12.1 Å². The number of hydrogen-bond donors (Lipinski definition) is 2. The van der Waals surface area contributed by atoms with Crippen molar-refractivity contribution in [2.75, 3.05) is 5.73 Å². The highest BCUT2D eigenvalue weighted by Crippen LogP contribution is 2.44. The number of fused-ring (bicyclic) bond motifs is 2. The van der Waals surface area contributed by atoms with Gasteiger partial charge >= 0.3 is 0 Å². The Hall–Kier alpha value is -2.18. The van der Waals surface area contributed by atoms with E-state index in [1.807, 2.05) is 0 Å². The van der Waals surface area contributed by atoms with Gasteiger partial charge in [0.1, 0.15) is 17.1 Å². The van der Waals surface area contributed by atoms with E-state index in [1.54, 1.807) is 0 Å². The molecule has 0 radical (unpaired) electrons. The van der Waals surface area contributed by atoms with Gasteiger partial charge < -0.3 is 11.1 Å². The number of carbonyl (C=O) groups excluding carboxylic acids is 1. The van der Waals surface area contributed by atoms with E-state index in [9.17, 15) is 19.3 Å². The fraction of sp³-hybridized carbons (Fsp3) is 0.500. The zero-order chi connectivity index (χ0) is 15.1. The second kappa shape index (κ2) is 4.98. The van der Waals surface area contributed by atoms with Crippen LogP contribution in [-0.4, -0.2) is 16.9 Å². The molecule has 2 bridgehead atoms. The number of rotatable bonds is 3. The largest absolute Gasteiger partial charge is 0.392 e. The van der Waals surface area contributed by atoms with Crippen molar-refractivity contribution in [1.29, 1.82) is 0 Å². The fourth-order valence-electron chi connectivity index (χ4n) is 3.63. The first-order valence-electron chi connectivity index (χ1n) is 7.00. The van der Waals surface area contributed by atoms with Gasteiger partial charge in [-0.15, -0.1) is 0 Å². The van der Waals surface area contributed by atoms with E-state index in [-0.39, 0.29) is 6.04 Å². The highest BCUT2D eigenvalue weighted by molar-refractivity contribution is 6.01. The van der Waals surface area contributed by atoms with E-state index in [0.29, 0.717) is 11.8 Å². The number of nitrogens with one attached hydrogen (secondary N) is 1. The van der Waals surface area contributed by atoms with E-state index >= 15 is 0 Å². The second-order valence-electron chi connectivity index (χ2n) is 5.87. The summed E-state index contributed by atoms with van der Waals surface area (Å²) in [6.45, 7) is 0. The highest BCUT2D eigenvalue weighted by atomic mass is 19.1. The monoisotopic (exact) mass is 293 g/mol. The van der Waals surface area contributed by atoms with Gasteiger partial charge in [-0.3, -0.25) is 14.9 Å². The summed E-state index contributed by atoms with van der Waals surface area (Å²) in [5.74, 6) is -0.431. The third-order valence-electron chi connectivity index (χ3n) is 4.65. The van der Waals surface area contributed by atoms with Crippen LogP contribution in [0.4, 0.5) is 15.8 Å². The minimum atomic E-state index is -0.834. The lowest BCUT2D eigenvalue weighted by Crippen LogP contribution is -2.39. The molecule has 2 fully saturated rings. The van der Waals surface area contributed by atoms with Crippen molar-refractivity contribution in [3.8, 4) is 0 Å². The molecule has 0 heterocycles. The molecule has 3 atom stereocenters. The number of nitrogens with two attached hydrogens (primary N) is 1. The van der Waals surface area contributed by atoms with Crippen molar-refractivity contribution in [1.82, 2.24) is 5.32 Å². The molecule has 2 saturated carbocycles. The summed E-state index contributed by atoms with van der Waals surface area (Å²) in [7, 11) is 0. The fourth-order valence-corrected chi connectivity index (χ4v) is 3.63. The minimum Gasteiger partial charge on any atom is -0.392 e. The number of anilines is 1. The maximum atomic E-state index is 13.8. The zero-order valence-corrected chi connectivity index (χ0v) is 11.3. The summed E-state index contributed by atoms with van der Waals surface area (Å²) in [5.41, 5.74) is 4.30. The molecule has 0 spiro atoms. The van der Waals surface area contributed by atoms with Gasteiger partial charge in [-0.25, -0.2) is 4.39 Å². The summed E-state index contributed by atoms with van der Waals surface area (Å²) >= 11 is 0. The number of nitrogen functional groups attached to an aromatic ring is 1. The lowest BCUT2D eigenvalue weighted by Gasteiger charge is -2.23. The molecule has 3 rings (SSSR count). The Morgan fingerprint density at radius 1 is 1.38 bits per heavy atom. The first-order chi connectivity index (χ1) is 9.97. The van der Waals surface area contributed by atoms with Gasteiger partial charge in [-0.2, -0.15) is 0 Å². The second-order valence-corrected chi connectivity index (χ2v) is 5.87. The maximum Gasteiger partial charge on any atom is 0.293 e. The number of nitro groups is 1. The van der Waals surface area contributed by atoms with Crippen molar-refractivity contribution >= 4 is 17.3 Å². The maximum absolute atomic E-state index is 13.8. The van der Waals surface area contributed by atoms with Crippen LogP contribution in [0.2, 0.25) is 0 Å². The molecule has 0 aliphatic heterocycles. The highest BCUT2D eigenvalue weighted by Gasteiger charge is 2.40. The van der Waals surface area contributed by atoms with Crippen molar-refractivity contribution in [2.24, 2.45) is 11.8 Å². The molecule has 1 amide bonds. The Bertz CT molecular complexity index is 620. The third kappa shape index (κ3) is 2.32. The van der Waals surface area contributed by atoms with Gasteiger partial charge in [0.05, 0.1) is 4.92 Å². The average Bonchev–Trinajstić information content (AvgIpc) is 3.00. The molecular formula is C14H16FN3O3. The van der Waals surface area contributed by atoms with E-state index in [0.717, 1.165) is 31.4 Å². The van der Waals surface area contributed by atoms with Gasteiger partial charge in [-0.1, -0.05) is 6.42 Å². The number of carbonyl (C=O) groups is 1. The standard InChI is InChI=1S/C14H16FN3O3/c15-9-3-4-11(18(20)21)13(16)12(9)14(19)17-10-6-7-1-2-8(10)5-7/h3-4,7-8,10H,1-2,5-6,16H2,(H,17,19). The number of amides is 1. The van der Waals surface area contributed by atoms with Crippen LogP contribution in [0.25, 0.3) is 0 Å². The Balaban J connectivity index is 1.84. The molecule has 2 aliphatic rings. The van der Waals surface area contributed by atoms with Crippen LogP contribution in [-0.2, 0) is 0 Å². The SMILES string of the molecule is Nc1c([N+](=O)[O-])ccc(F)c1C(=O)NC1CC2CCC1C2. The molecule has 112 valence electrons. The first-order valence-corrected chi connectivity index (χ1v) is 7.00. The topological polar surface area (TPSA) is 98.3 Å². The number of nitrogens with zero attached hydrogens (tertiary/aromatic N) is 1. The van der Waals surface area contributed by atoms with E-state index in [2.05, 4.69) is 5.32 Å². The summed E-state index contributed by atoms with van der Waals surface area (Å²) < 4.78 is 13.8. The quantitative estimate of drug-likeness (QED) is 0.507. The van der Waals surface area contributed by atoms with Crippen LogP contribution in [0.1, 0.15) is 36.0 Å². The number of nitro benzene ring substituents is 1. The van der Waals surface area contributed by atoms with Gasteiger partial charge in [-0.05, 0) is 37.2 Å². The molecule has 2 aliphatic carbocycles. The van der Waals surface area contributed by atoms with Crippen molar-refractivity contribution in [3.63, 3.8) is 0 Å². The van der Waals surface area contributed by atoms with Crippen LogP contribution in [0.3, 0.4) is 0 Å². The minimum absolute atomic E-state index is 0.0225. The van der Waals surface area contributed by atoms with E-state index in [1.165, 1.54) is 6.42 Å². The predicted octanol–water partition coefficient (Wildman–Crippen LogP) is 2.23. The molecule has 6 nitrogen and oxygen atoms in total. The molecule has 7 heteroatoms. The van der Waals surface area contributed by atoms with Crippen LogP contribution in [0, 0.1) is 27.8 Å². The molecule has 3 unspecified atom stereocenters. The zero-order valence-electron chi connectivity index (χ0n) is 11.3. The van der Waals surface area contributed by atoms with Crippen molar-refractivity contribution < 1.29 is 14.1 Å². The molecule has 0 saturated heterocycles. The van der Waals surface area contributed by atoms with Crippen LogP contribution < -0.4 is 11.1 Å². The van der Waals surface area contributed by atoms with Gasteiger partial charge in [0.2, 0.25) is 0 Å². The molecule has 1 aromatic carbocycles. The van der Waals surface area contributed by atoms with Gasteiger partial charge in [0.15, 0.2) is 0 Å². The van der Waals surface area contributed by atoms with E-state index in [4.69, 9.17) is 5.73 Å². The Morgan fingerprint density at radius 3 is 2.71 bits per heavy atom. The Labute approximate surface area is 120 Å². The molecule has 21 heavy (non-hydrogen) atoms. The van der Waals surface area contributed by atoms with Crippen LogP contribution >= 0.6 is 0 Å². The molecular weight excluding hydrogens is 277 g/mol. The summed E-state index contributed by atoms with van der Waals surface area (Å²) in [5, 5.41) is 13.6. The Kier molecular flexibility index (Phi) is 3.27. The molecule has 0 aromatic heterocycles. The number of halogens is 1. The third-order valence-corrected chi connectivity index (χ3v) is 4.65. The summed E-state index contributed by atoms with van der Waals surface area (Å²) in [4.78, 5) is 22.3. The lowest BCUT2D eigenvalue weighted by atomic mass is 9.95. The molecule has 1 aromatic rings. The Morgan fingerprint density at radius 2 is 2.14 bits per heavy atom. The normalized spacial score (nSPS) is 26.8. The lowest BCUT2D eigenvalue weighted by molar-refractivity contribution is -0.384. The smallest absolute Gasteiger partial charge is 0.293 e. The van der Waals surface area contributed by atoms with Gasteiger partial charge in [0.25, 0.3) is 11.6 Å². The first kappa shape index (κ1) is 13.8. The van der Waals surface area contributed by atoms with E-state index < -0.39 is 33.6 Å². The van der Waals surface area contributed by atoms with Crippen LogP contribution in [0.5, 0.6) is 0 Å². The average molecular weight is 293 g/mol. The van der Waals surface area contributed by atoms with Crippen molar-refractivity contribution in [3.05, 3.63) is 33.6 Å². The molecule has 3 N–H and O–H groups in total. The predicted molar refractivity (Wildman–Crippen MR) is 74.2 cm³/mol. The number of hydrogen-bond acceptors (Lipinski definition) is 4. The summed E-state index contributed by atoms with van der Waals surface area (Å²) in [6, 6.07) is 1.90.